The molecule has 0 saturated carbocycles. The van der Waals surface area contributed by atoms with Crippen LogP contribution in [0.2, 0.25) is 0 Å². The summed E-state index contributed by atoms with van der Waals surface area (Å²) in [6.07, 6.45) is 0.136. The molecule has 0 atom stereocenters. The van der Waals surface area contributed by atoms with E-state index in [0.717, 1.165) is 22.4 Å². The van der Waals surface area contributed by atoms with E-state index in [0.29, 0.717) is 166 Å². The summed E-state index contributed by atoms with van der Waals surface area (Å²) in [7, 11) is 4.90. The number of carbonyl (C=O) groups is 6. The van der Waals surface area contributed by atoms with Crippen LogP contribution in [0.1, 0.15) is 71.0 Å². The monoisotopic (exact) mass is 2020 g/mol. The van der Waals surface area contributed by atoms with Crippen molar-refractivity contribution in [2.75, 3.05) is 140 Å². The van der Waals surface area contributed by atoms with Crippen LogP contribution in [0.15, 0.2) is 188 Å². The van der Waals surface area contributed by atoms with Crippen molar-refractivity contribution in [2.24, 2.45) is 5.73 Å². The molecule has 7 aromatic rings. The first-order chi connectivity index (χ1) is 51.1. The number of methoxy groups -OCH3 is 3. The standard InChI is InChI=1S/C23H31NO6.C18H15NO5.C16H25NO6.C14H12O3.C3H9NO.CHI3.CH2I.CH3.2V/c1-26-13-14-28-17-18-29-16-15-27-12-11-24-23(25)21-7-9-22(10-8-21)30-19-20-5-3-2-4-6-20;20-16-10-11-17(21)19(16)24-18(22)14-6-8-15(9-7-14)23-12-13-4-2-1-3-5-13;1-20-8-9-22-12-13-23-11-10-21-7-6-17-16(19)14-2-4-15(18)5-3-14;15-14(16)12-6-8-13(9-7-12)17-10-11-4-2-1-3-5-11;1-5-3-2-4;2-1(3)4;1-2;;;/h2-10H,11-19H2,1H3,(H,24,25);1-9H,10-12H2;2-5,18H,6-13H2,1H3,(H,17,19);1-9H,10H2,(H,15,16);2-4H2,1H3;1H;1H2;1H3;;/q;;;;;;2*-1;;. The van der Waals surface area contributed by atoms with Crippen molar-refractivity contribution in [3.05, 3.63) is 239 Å². The zero-order valence-corrected chi connectivity index (χ0v) is 72.5. The first-order valence-electron chi connectivity index (χ1n) is 32.9. The number of hydrogen-bond acceptors (Lipinski definition) is 21. The van der Waals surface area contributed by atoms with Gasteiger partial charge in [-0.1, -0.05) is 159 Å². The van der Waals surface area contributed by atoms with E-state index in [1.807, 2.05) is 114 Å². The Morgan fingerprint density at radius 3 is 1.00 bits per heavy atom. The number of aromatic carboxylic acids is 1. The van der Waals surface area contributed by atoms with Crippen molar-refractivity contribution in [2.45, 2.75) is 32.6 Å². The van der Waals surface area contributed by atoms with Gasteiger partial charge in [-0.2, -0.15) is 0 Å². The molecule has 0 aliphatic carbocycles. The maximum Gasteiger partial charge on any atom is 0.363 e. The predicted octanol–water partition coefficient (Wildman–Crippen LogP) is 12.8. The topological polar surface area (TPSA) is 316 Å². The van der Waals surface area contributed by atoms with Crippen LogP contribution in [-0.2, 0) is 114 Å². The number of amides is 4. The number of phenols is 1. The minimum Gasteiger partial charge on any atom is -0.508 e. The third-order valence-electron chi connectivity index (χ3n) is 13.1. The third kappa shape index (κ3) is 53.4. The molecule has 1 fully saturated rings. The summed E-state index contributed by atoms with van der Waals surface area (Å²) in [6.45, 7) is 10.7. The van der Waals surface area contributed by atoms with Crippen molar-refractivity contribution < 1.29 is 138 Å². The van der Waals surface area contributed by atoms with Gasteiger partial charge in [0.05, 0.1) is 110 Å². The molecule has 0 spiro atoms. The van der Waals surface area contributed by atoms with E-state index >= 15 is 0 Å². The molecular weight excluding hydrogens is 1930 g/mol. The first-order valence-corrected chi connectivity index (χ1v) is 38.1. The fraction of sp³-hybridized carbons (Fsp3) is 0.351. The summed E-state index contributed by atoms with van der Waals surface area (Å²) in [5.41, 5.74) is 9.80. The van der Waals surface area contributed by atoms with E-state index in [2.05, 4.69) is 88.1 Å². The number of carboxylic acid groups (broad SMARTS) is 1. The normalized spacial score (nSPS) is 10.7. The summed E-state index contributed by atoms with van der Waals surface area (Å²) in [5.74, 6) is -0.907. The Labute approximate surface area is 713 Å². The number of nitrogens with two attached hydrogens (primary N) is 1. The van der Waals surface area contributed by atoms with Gasteiger partial charge in [0.2, 0.25) is 0 Å². The average molecular weight is 2030 g/mol. The number of aromatic hydroxyl groups is 1. The Kier molecular flexibility index (Phi) is 68.3. The second-order valence-corrected chi connectivity index (χ2v) is 31.8. The quantitative estimate of drug-likeness (QED) is 0.00783. The third-order valence-corrected chi connectivity index (χ3v) is 13.1. The number of benzene rings is 7. The minimum atomic E-state index is -0.931. The van der Waals surface area contributed by atoms with Gasteiger partial charge >= 0.3 is 11.9 Å². The van der Waals surface area contributed by atoms with Crippen LogP contribution in [0, 0.1) is 12.4 Å². The number of ether oxygens (including phenoxy) is 12. The fourth-order valence-corrected chi connectivity index (χ4v) is 7.88. The van der Waals surface area contributed by atoms with Gasteiger partial charge in [-0.3, -0.25) is 24.1 Å². The van der Waals surface area contributed by atoms with Gasteiger partial charge in [-0.05, 0) is 114 Å². The van der Waals surface area contributed by atoms with Crippen LogP contribution < -0.4 is 30.6 Å². The van der Waals surface area contributed by atoms with Crippen molar-refractivity contribution in [3.63, 3.8) is 0 Å². The number of imide groups is 1. The molecule has 0 unspecified atom stereocenters. The Bertz CT molecular complexity index is 3350. The molecule has 4 amide bonds. The van der Waals surface area contributed by atoms with Crippen LogP contribution in [0.3, 0.4) is 0 Å². The van der Waals surface area contributed by atoms with Crippen molar-refractivity contribution >= 4 is 126 Å². The van der Waals surface area contributed by atoms with Crippen LogP contribution in [0.5, 0.6) is 23.0 Å². The SMILES string of the molecule is COCCN.COCCOCCOCCOCCNC(=O)c1ccc(O)cc1.COCCOCCOCCOCCNC(=O)c1ccc(OCc2ccccc2)cc1.IC(I)I.O=C(O)c1ccc(OCc2ccccc2)cc1.O=C(ON1C(=O)CCC1=O)c1ccc(OCc2ccccc2)cc1.[CH2-]I.[CH3-].[V].[V]. The molecular formula is C77H98I4N4O21V2-2. The Hall–Kier alpha value is -5.55. The summed E-state index contributed by atoms with van der Waals surface area (Å²) >= 11 is 8.85. The molecule has 2 radical (unpaired) electrons. The van der Waals surface area contributed by atoms with E-state index in [1.165, 1.54) is 36.4 Å². The van der Waals surface area contributed by atoms with Gasteiger partial charge in [-0.25, -0.2) is 9.59 Å². The largest absolute Gasteiger partial charge is 0.508 e. The van der Waals surface area contributed by atoms with Gasteiger partial charge in [0, 0.05) is 102 Å². The van der Waals surface area contributed by atoms with E-state index in [1.54, 1.807) is 82.0 Å². The minimum absolute atomic E-state index is 0. The molecule has 1 heterocycles. The number of alkyl halides is 3. The Morgan fingerprint density at radius 1 is 0.435 bits per heavy atom. The van der Waals surface area contributed by atoms with Crippen LogP contribution in [0.4, 0.5) is 0 Å². The molecule has 6 N–H and O–H groups in total. The predicted molar refractivity (Wildman–Crippen MR) is 439 cm³/mol. The maximum atomic E-state index is 12.2. The van der Waals surface area contributed by atoms with Crippen LogP contribution in [0.25, 0.3) is 0 Å². The fourth-order valence-electron chi connectivity index (χ4n) is 7.88. The second-order valence-electron chi connectivity index (χ2n) is 20.9. The Morgan fingerprint density at radius 2 is 0.713 bits per heavy atom. The molecule has 592 valence electrons. The molecule has 1 saturated heterocycles. The number of nitrogens with zero attached hydrogens (tertiary/aromatic N) is 1. The molecule has 8 rings (SSSR count). The van der Waals surface area contributed by atoms with Gasteiger partial charge in [-0.15, -0.1) is 5.06 Å². The number of carboxylic acids is 1. The molecule has 7 aromatic carbocycles. The molecule has 25 nitrogen and oxygen atoms in total. The Balaban J connectivity index is 0. The molecule has 0 bridgehead atoms. The van der Waals surface area contributed by atoms with Gasteiger partial charge in [0.1, 0.15) is 42.8 Å². The number of hydrogen-bond donors (Lipinski definition) is 5. The molecule has 31 heteroatoms. The summed E-state index contributed by atoms with van der Waals surface area (Å²) < 4.78 is 63.9. The number of halogens is 4. The number of carbonyl (C=O) groups excluding carboxylic acids is 5. The van der Waals surface area contributed by atoms with Crippen LogP contribution in [-0.4, -0.2) is 191 Å². The summed E-state index contributed by atoms with van der Waals surface area (Å²) in [6, 6.07) is 55.3. The number of nitrogens with one attached hydrogen (secondary N) is 2. The first kappa shape index (κ1) is 104. The van der Waals surface area contributed by atoms with Gasteiger partial charge in [0.25, 0.3) is 23.6 Å². The average Bonchev–Trinajstić information content (AvgIpc) is 1.71. The smallest absolute Gasteiger partial charge is 0.363 e. The molecule has 0 aromatic heterocycles. The van der Waals surface area contributed by atoms with E-state index in [-0.39, 0.29) is 86.1 Å². The van der Waals surface area contributed by atoms with Gasteiger partial charge < -0.3 is 118 Å². The molecule has 1 aliphatic heterocycles. The van der Waals surface area contributed by atoms with Crippen molar-refractivity contribution in [1.82, 2.24) is 15.7 Å². The van der Waals surface area contributed by atoms with E-state index in [9.17, 15) is 28.8 Å². The zero-order valence-electron chi connectivity index (χ0n) is 61.0. The van der Waals surface area contributed by atoms with E-state index in [4.69, 9.17) is 72.9 Å². The number of rotatable bonds is 40. The zero-order chi connectivity index (χ0) is 76.8. The second kappa shape index (κ2) is 70.6. The summed E-state index contributed by atoms with van der Waals surface area (Å²) in [5, 5.41) is 24.0. The summed E-state index contributed by atoms with van der Waals surface area (Å²) in [4.78, 5) is 77.5. The molecule has 108 heavy (non-hydrogen) atoms. The van der Waals surface area contributed by atoms with Gasteiger partial charge in [0.15, 0.2) is 0 Å². The number of phenolic OH excluding ortho intramolecular Hbond substituents is 1. The van der Waals surface area contributed by atoms with Crippen LogP contribution >= 0.6 is 90.4 Å². The maximum absolute atomic E-state index is 12.2. The molecule has 1 aliphatic rings. The van der Waals surface area contributed by atoms with Crippen molar-refractivity contribution in [3.8, 4) is 23.0 Å². The van der Waals surface area contributed by atoms with E-state index < -0.39 is 23.8 Å². The number of hydroxylamine groups is 2. The van der Waals surface area contributed by atoms with Crippen molar-refractivity contribution in [1.29, 1.82) is 0 Å².